The number of carbonyl (C=O) groups excluding carboxylic acids is 1. The molecule has 0 heterocycles. The van der Waals surface area contributed by atoms with E-state index in [1.54, 1.807) is 0 Å². The molecule has 0 amide bonds. The normalized spacial score (nSPS) is 5.00. The smallest absolute Gasteiger partial charge is 0.198 e. The highest BCUT2D eigenvalue weighted by molar-refractivity contribution is 8.17. The fraction of sp³-hybridized carbons (Fsp3) is 0.0714. The lowest BCUT2D eigenvalue weighted by Crippen LogP contribution is -1.73. The van der Waals surface area contributed by atoms with Crippen LogP contribution in [0, 0.1) is 70.9 Å². The molecule has 0 aromatic carbocycles. The molecule has 0 N–H and O–H groups in total. The van der Waals surface area contributed by atoms with E-state index in [4.69, 9.17) is 6.42 Å². The lowest BCUT2D eigenvalue weighted by Gasteiger charge is -1.72. The third-order valence-corrected chi connectivity index (χ3v) is 1.31. The zero-order chi connectivity index (χ0) is 12.1. The van der Waals surface area contributed by atoms with Crippen LogP contribution in [0.2, 0.25) is 0 Å². The molecular weight excluding hydrogens is 216 g/mol. The van der Waals surface area contributed by atoms with Gasteiger partial charge in [-0.3, -0.25) is 4.79 Å². The first kappa shape index (κ1) is 13.4. The first-order valence-electron chi connectivity index (χ1n) is 3.90. The second kappa shape index (κ2) is 10.5. The predicted octanol–water partition coefficient (Wildman–Crippen LogP) is 0.874. The summed E-state index contributed by atoms with van der Waals surface area (Å²) < 4.78 is 0. The Morgan fingerprint density at radius 2 is 1.31 bits per heavy atom. The first-order chi connectivity index (χ1) is 7.77. The van der Waals surface area contributed by atoms with Crippen LogP contribution in [0.5, 0.6) is 0 Å². The molecule has 0 fully saturated rings. The van der Waals surface area contributed by atoms with E-state index in [1.165, 1.54) is 6.92 Å². The molecule has 0 rings (SSSR count). The van der Waals surface area contributed by atoms with Gasteiger partial charge in [-0.15, -0.1) is 6.42 Å². The van der Waals surface area contributed by atoms with E-state index < -0.39 is 0 Å². The Kier molecular flexibility index (Phi) is 8.75. The van der Waals surface area contributed by atoms with E-state index in [9.17, 15) is 4.79 Å². The minimum absolute atomic E-state index is 0.0710. The monoisotopic (exact) mass is 220 g/mol. The lowest BCUT2D eigenvalue weighted by molar-refractivity contribution is -0.109. The maximum absolute atomic E-state index is 10.4. The molecule has 0 saturated heterocycles. The van der Waals surface area contributed by atoms with Crippen molar-refractivity contribution in [3.8, 4) is 70.9 Å². The number of hydrogen-bond acceptors (Lipinski definition) is 2. The third kappa shape index (κ3) is 11.4. The lowest BCUT2D eigenvalue weighted by atomic mass is 10.5. The SMILES string of the molecule is C#CC#CC#CC#CC#CC#CSC(C)=O. The highest BCUT2D eigenvalue weighted by Gasteiger charge is 1.83. The molecular formula is C14H4OS. The molecule has 0 aromatic rings. The van der Waals surface area contributed by atoms with Crippen molar-refractivity contribution in [2.45, 2.75) is 6.92 Å². The molecule has 0 radical (unpaired) electrons. The van der Waals surface area contributed by atoms with Gasteiger partial charge in [-0.2, -0.15) is 0 Å². The van der Waals surface area contributed by atoms with Crippen LogP contribution in [0.25, 0.3) is 0 Å². The molecule has 0 aliphatic heterocycles. The maximum Gasteiger partial charge on any atom is 0.198 e. The maximum atomic E-state index is 10.4. The van der Waals surface area contributed by atoms with E-state index in [0.717, 1.165) is 11.8 Å². The van der Waals surface area contributed by atoms with Gasteiger partial charge < -0.3 is 0 Å². The van der Waals surface area contributed by atoms with E-state index in [2.05, 4.69) is 64.5 Å². The topological polar surface area (TPSA) is 17.1 Å². The van der Waals surface area contributed by atoms with Crippen LogP contribution in [-0.4, -0.2) is 5.12 Å². The molecule has 72 valence electrons. The minimum Gasteiger partial charge on any atom is -0.287 e. The number of rotatable bonds is 0. The quantitative estimate of drug-likeness (QED) is 0.564. The highest BCUT2D eigenvalue weighted by atomic mass is 32.2. The Morgan fingerprint density at radius 3 is 1.75 bits per heavy atom. The van der Waals surface area contributed by atoms with Crippen LogP contribution >= 0.6 is 11.8 Å². The predicted molar refractivity (Wildman–Crippen MR) is 66.0 cm³/mol. The van der Waals surface area contributed by atoms with Gasteiger partial charge in [0.05, 0.1) is 0 Å². The summed E-state index contributed by atoms with van der Waals surface area (Å²) in [5.41, 5.74) is 0. The summed E-state index contributed by atoms with van der Waals surface area (Å²) in [6.45, 7) is 1.43. The van der Waals surface area contributed by atoms with Crippen LogP contribution in [-0.2, 0) is 4.79 Å². The van der Waals surface area contributed by atoms with Gasteiger partial charge in [-0.25, -0.2) is 0 Å². The zero-order valence-corrected chi connectivity index (χ0v) is 9.21. The molecule has 1 nitrogen and oxygen atoms in total. The second-order valence-electron chi connectivity index (χ2n) is 1.97. The van der Waals surface area contributed by atoms with E-state index in [-0.39, 0.29) is 5.12 Å². The fourth-order valence-corrected chi connectivity index (χ4v) is 0.624. The van der Waals surface area contributed by atoms with Gasteiger partial charge in [0.2, 0.25) is 0 Å². The van der Waals surface area contributed by atoms with Crippen molar-refractivity contribution in [3.63, 3.8) is 0 Å². The molecule has 0 aliphatic carbocycles. The molecule has 0 aliphatic rings. The fourth-order valence-electron chi connectivity index (χ4n) is 0.378. The standard InChI is InChI=1S/C14H4OS/c1-3-4-5-6-7-8-9-10-11-12-13-16-14(2)15/h1H,2H3. The summed E-state index contributed by atoms with van der Waals surface area (Å²) in [5, 5.41) is 2.43. The van der Waals surface area contributed by atoms with Crippen molar-refractivity contribution >= 4 is 16.9 Å². The van der Waals surface area contributed by atoms with Gasteiger partial charge in [0.25, 0.3) is 0 Å². The molecule has 0 unspecified atom stereocenters. The van der Waals surface area contributed by atoms with Crippen LogP contribution in [0.15, 0.2) is 0 Å². The van der Waals surface area contributed by atoms with Crippen LogP contribution in [0.1, 0.15) is 6.92 Å². The van der Waals surface area contributed by atoms with Crippen molar-refractivity contribution in [2.75, 3.05) is 0 Å². The summed E-state index contributed by atoms with van der Waals surface area (Å²) in [7, 11) is 0. The summed E-state index contributed by atoms with van der Waals surface area (Å²) in [6, 6.07) is 0. The average Bonchev–Trinajstić information content (AvgIpc) is 2.25. The Morgan fingerprint density at radius 1 is 0.875 bits per heavy atom. The van der Waals surface area contributed by atoms with Crippen LogP contribution in [0.3, 0.4) is 0 Å². The molecule has 2 heteroatoms. The summed E-state index contributed by atoms with van der Waals surface area (Å²) in [6.07, 6.45) is 4.87. The van der Waals surface area contributed by atoms with Crippen LogP contribution in [0.4, 0.5) is 0 Å². The Balaban J connectivity index is 4.14. The second-order valence-corrected chi connectivity index (χ2v) is 2.95. The van der Waals surface area contributed by atoms with E-state index in [0.29, 0.717) is 0 Å². The molecule has 0 spiro atoms. The summed E-state index contributed by atoms with van der Waals surface area (Å²) in [4.78, 5) is 10.4. The van der Waals surface area contributed by atoms with E-state index in [1.807, 2.05) is 0 Å². The van der Waals surface area contributed by atoms with Gasteiger partial charge in [-0.1, -0.05) is 0 Å². The van der Waals surface area contributed by atoms with Crippen molar-refractivity contribution in [2.24, 2.45) is 0 Å². The average molecular weight is 220 g/mol. The number of hydrogen-bond donors (Lipinski definition) is 0. The first-order valence-corrected chi connectivity index (χ1v) is 4.72. The minimum atomic E-state index is -0.0710. The van der Waals surface area contributed by atoms with Crippen molar-refractivity contribution in [1.29, 1.82) is 0 Å². The van der Waals surface area contributed by atoms with Crippen LogP contribution < -0.4 is 0 Å². The number of carbonyl (C=O) groups is 1. The van der Waals surface area contributed by atoms with Gasteiger partial charge in [0.15, 0.2) is 5.12 Å². The molecule has 16 heavy (non-hydrogen) atoms. The third-order valence-electron chi connectivity index (χ3n) is 0.818. The van der Waals surface area contributed by atoms with Gasteiger partial charge >= 0.3 is 0 Å². The summed E-state index contributed by atoms with van der Waals surface area (Å²) >= 11 is 0.893. The van der Waals surface area contributed by atoms with Gasteiger partial charge in [0, 0.05) is 18.7 Å². The number of terminal acetylenes is 1. The molecule has 0 saturated carbocycles. The van der Waals surface area contributed by atoms with Gasteiger partial charge in [0.1, 0.15) is 0 Å². The number of thioether (sulfide) groups is 1. The van der Waals surface area contributed by atoms with Crippen molar-refractivity contribution in [3.05, 3.63) is 0 Å². The Bertz CT molecular complexity index is 605. The Labute approximate surface area is 99.8 Å². The van der Waals surface area contributed by atoms with Crippen molar-refractivity contribution < 1.29 is 4.79 Å². The molecule has 0 aromatic heterocycles. The largest absolute Gasteiger partial charge is 0.287 e. The molecule has 0 atom stereocenters. The van der Waals surface area contributed by atoms with E-state index >= 15 is 0 Å². The Hall–Kier alpha value is -2.62. The van der Waals surface area contributed by atoms with Crippen molar-refractivity contribution in [1.82, 2.24) is 0 Å². The van der Waals surface area contributed by atoms with Gasteiger partial charge in [-0.05, 0) is 64.5 Å². The zero-order valence-electron chi connectivity index (χ0n) is 8.39. The summed E-state index contributed by atoms with van der Waals surface area (Å²) in [5.74, 6) is 23.9. The molecule has 0 bridgehead atoms. The highest BCUT2D eigenvalue weighted by Crippen LogP contribution is 1.94.